The number of carbonyl (C=O) groups is 2. The molecule has 3 aromatic rings. The van der Waals surface area contributed by atoms with Crippen LogP contribution in [0.5, 0.6) is 0 Å². The predicted molar refractivity (Wildman–Crippen MR) is 103 cm³/mol. The van der Waals surface area contributed by atoms with Crippen LogP contribution in [0.15, 0.2) is 48.5 Å². The van der Waals surface area contributed by atoms with Crippen LogP contribution >= 0.6 is 0 Å². The molecule has 0 aliphatic heterocycles. The zero-order valence-electron chi connectivity index (χ0n) is 14.7. The van der Waals surface area contributed by atoms with Gasteiger partial charge in [0.1, 0.15) is 0 Å². The number of rotatable bonds is 7. The molecule has 134 valence electrons. The van der Waals surface area contributed by atoms with Gasteiger partial charge in [0.05, 0.1) is 0 Å². The quantitative estimate of drug-likeness (QED) is 0.480. The van der Waals surface area contributed by atoms with E-state index in [1.807, 2.05) is 48.5 Å². The fraction of sp³-hybridized carbons (Fsp3) is 0.273. The number of aryl methyl sites for hydroxylation is 1. The van der Waals surface area contributed by atoms with Gasteiger partial charge in [-0.1, -0.05) is 61.9 Å². The van der Waals surface area contributed by atoms with Gasteiger partial charge in [0, 0.05) is 0 Å². The van der Waals surface area contributed by atoms with Crippen molar-refractivity contribution < 1.29 is 19.8 Å². The number of aliphatic carboxylic acids is 2. The molecule has 0 unspecified atom stereocenters. The normalized spacial score (nSPS) is 11.3. The van der Waals surface area contributed by atoms with E-state index in [2.05, 4.69) is 6.92 Å². The summed E-state index contributed by atoms with van der Waals surface area (Å²) in [5.41, 5.74) is 2.05. The highest BCUT2D eigenvalue weighted by Gasteiger charge is 2.28. The average molecular weight is 350 g/mol. The van der Waals surface area contributed by atoms with E-state index in [1.165, 1.54) is 5.56 Å². The maximum Gasteiger partial charge on any atom is 0.318 e. The second kappa shape index (κ2) is 7.56. The minimum atomic E-state index is -1.46. The summed E-state index contributed by atoms with van der Waals surface area (Å²) in [4.78, 5) is 22.9. The Bertz CT molecular complexity index is 903. The highest BCUT2D eigenvalue weighted by molar-refractivity contribution is 6.06. The van der Waals surface area contributed by atoms with Crippen LogP contribution in [0.2, 0.25) is 0 Å². The van der Waals surface area contributed by atoms with E-state index in [-0.39, 0.29) is 6.42 Å². The highest BCUT2D eigenvalue weighted by Crippen LogP contribution is 2.35. The van der Waals surface area contributed by atoms with Crippen molar-refractivity contribution in [2.24, 2.45) is 5.92 Å². The third-order valence-corrected chi connectivity index (χ3v) is 4.94. The van der Waals surface area contributed by atoms with E-state index in [1.54, 1.807) is 0 Å². The van der Waals surface area contributed by atoms with E-state index in [4.69, 9.17) is 0 Å². The van der Waals surface area contributed by atoms with Crippen LogP contribution in [0, 0.1) is 5.92 Å². The first kappa shape index (κ1) is 17.9. The van der Waals surface area contributed by atoms with Gasteiger partial charge in [-0.15, -0.1) is 0 Å². The first-order chi connectivity index (χ1) is 12.5. The van der Waals surface area contributed by atoms with Crippen molar-refractivity contribution in [3.63, 3.8) is 0 Å². The van der Waals surface area contributed by atoms with Gasteiger partial charge in [-0.25, -0.2) is 0 Å². The number of fused-ring (bicyclic) bond motifs is 2. The van der Waals surface area contributed by atoms with Crippen LogP contribution in [-0.2, 0) is 22.4 Å². The van der Waals surface area contributed by atoms with Crippen LogP contribution in [0.3, 0.4) is 0 Å². The third-order valence-electron chi connectivity index (χ3n) is 4.94. The monoisotopic (exact) mass is 350 g/mol. The molecule has 0 bridgehead atoms. The third kappa shape index (κ3) is 3.27. The summed E-state index contributed by atoms with van der Waals surface area (Å²) >= 11 is 0. The molecule has 0 fully saturated rings. The molecule has 0 radical (unpaired) electrons. The summed E-state index contributed by atoms with van der Waals surface area (Å²) in [5, 5.41) is 22.8. The Balaban J connectivity index is 2.31. The summed E-state index contributed by atoms with van der Waals surface area (Å²) in [6.07, 6.45) is 3.07. The SMILES string of the molecule is CCCCc1c2ccccc2c(CC(C(=O)O)C(=O)O)c2ccccc12. The molecule has 0 aromatic heterocycles. The lowest BCUT2D eigenvalue weighted by molar-refractivity contribution is -0.154. The molecule has 4 heteroatoms. The molecule has 0 heterocycles. The highest BCUT2D eigenvalue weighted by atomic mass is 16.4. The van der Waals surface area contributed by atoms with E-state index >= 15 is 0 Å². The summed E-state index contributed by atoms with van der Waals surface area (Å²) < 4.78 is 0. The smallest absolute Gasteiger partial charge is 0.318 e. The van der Waals surface area contributed by atoms with Crippen molar-refractivity contribution in [3.05, 3.63) is 59.7 Å². The van der Waals surface area contributed by atoms with E-state index in [0.717, 1.165) is 46.4 Å². The minimum Gasteiger partial charge on any atom is -0.481 e. The first-order valence-electron chi connectivity index (χ1n) is 8.91. The maximum absolute atomic E-state index is 11.4. The van der Waals surface area contributed by atoms with Crippen LogP contribution < -0.4 is 0 Å². The van der Waals surface area contributed by atoms with Gasteiger partial charge >= 0.3 is 11.9 Å². The van der Waals surface area contributed by atoms with E-state index in [9.17, 15) is 19.8 Å². The minimum absolute atomic E-state index is 0.0280. The van der Waals surface area contributed by atoms with Crippen molar-refractivity contribution in [3.8, 4) is 0 Å². The molecular weight excluding hydrogens is 328 g/mol. The molecule has 26 heavy (non-hydrogen) atoms. The van der Waals surface area contributed by atoms with Crippen LogP contribution in [0.25, 0.3) is 21.5 Å². The fourth-order valence-electron chi connectivity index (χ4n) is 3.64. The number of carboxylic acid groups (broad SMARTS) is 2. The summed E-state index contributed by atoms with van der Waals surface area (Å²) in [6.45, 7) is 2.16. The average Bonchev–Trinajstić information content (AvgIpc) is 2.63. The van der Waals surface area contributed by atoms with Crippen molar-refractivity contribution in [2.45, 2.75) is 32.6 Å². The molecule has 0 spiro atoms. The number of carboxylic acids is 2. The second-order valence-corrected chi connectivity index (χ2v) is 6.59. The van der Waals surface area contributed by atoms with Gasteiger partial charge in [-0.3, -0.25) is 9.59 Å². The van der Waals surface area contributed by atoms with Crippen LogP contribution in [0.1, 0.15) is 30.9 Å². The van der Waals surface area contributed by atoms with Gasteiger partial charge in [-0.05, 0) is 51.9 Å². The summed E-state index contributed by atoms with van der Waals surface area (Å²) in [6, 6.07) is 15.8. The molecule has 4 nitrogen and oxygen atoms in total. The molecule has 3 aromatic carbocycles. The maximum atomic E-state index is 11.4. The topological polar surface area (TPSA) is 74.6 Å². The standard InChI is InChI=1S/C22H22O4/c1-2-3-8-14-15-9-4-6-11-17(15)19(13-20(21(23)24)22(25)26)18-12-7-5-10-16(14)18/h4-7,9-12,20H,2-3,8,13H2,1H3,(H,23,24)(H,25,26). The van der Waals surface area contributed by atoms with E-state index in [0.29, 0.717) is 0 Å². The molecule has 0 saturated heterocycles. The Kier molecular flexibility index (Phi) is 5.21. The van der Waals surface area contributed by atoms with Gasteiger partial charge in [0.2, 0.25) is 0 Å². The number of unbranched alkanes of at least 4 members (excludes halogenated alkanes) is 1. The molecular formula is C22H22O4. The fourth-order valence-corrected chi connectivity index (χ4v) is 3.64. The van der Waals surface area contributed by atoms with Crippen molar-refractivity contribution in [1.29, 1.82) is 0 Å². The Hall–Kier alpha value is -2.88. The number of benzene rings is 3. The summed E-state index contributed by atoms with van der Waals surface area (Å²) in [7, 11) is 0. The second-order valence-electron chi connectivity index (χ2n) is 6.59. The lowest BCUT2D eigenvalue weighted by Crippen LogP contribution is -2.25. The van der Waals surface area contributed by atoms with Gasteiger partial charge in [0.15, 0.2) is 5.92 Å². The molecule has 0 amide bonds. The van der Waals surface area contributed by atoms with Gasteiger partial charge in [0.25, 0.3) is 0 Å². The van der Waals surface area contributed by atoms with Crippen LogP contribution in [-0.4, -0.2) is 22.2 Å². The Morgan fingerprint density at radius 2 is 1.23 bits per heavy atom. The van der Waals surface area contributed by atoms with Gasteiger partial charge < -0.3 is 10.2 Å². The zero-order chi connectivity index (χ0) is 18.7. The first-order valence-corrected chi connectivity index (χ1v) is 8.91. The zero-order valence-corrected chi connectivity index (χ0v) is 14.7. The van der Waals surface area contributed by atoms with Crippen molar-refractivity contribution in [2.75, 3.05) is 0 Å². The largest absolute Gasteiger partial charge is 0.481 e. The molecule has 0 aliphatic carbocycles. The van der Waals surface area contributed by atoms with E-state index < -0.39 is 17.9 Å². The molecule has 3 rings (SSSR count). The van der Waals surface area contributed by atoms with Crippen molar-refractivity contribution >= 4 is 33.5 Å². The van der Waals surface area contributed by atoms with Gasteiger partial charge in [-0.2, -0.15) is 0 Å². The molecule has 0 atom stereocenters. The Labute approximate surface area is 152 Å². The Morgan fingerprint density at radius 1 is 0.808 bits per heavy atom. The lowest BCUT2D eigenvalue weighted by Gasteiger charge is -2.18. The van der Waals surface area contributed by atoms with Crippen LogP contribution in [0.4, 0.5) is 0 Å². The molecule has 0 aliphatic rings. The van der Waals surface area contributed by atoms with Crippen molar-refractivity contribution in [1.82, 2.24) is 0 Å². The lowest BCUT2D eigenvalue weighted by atomic mass is 9.86. The summed E-state index contributed by atoms with van der Waals surface area (Å²) in [5.74, 6) is -4.07. The Morgan fingerprint density at radius 3 is 1.62 bits per heavy atom. The number of hydrogen-bond donors (Lipinski definition) is 2. The molecule has 2 N–H and O–H groups in total. The predicted octanol–water partition coefficient (Wildman–Crippen LogP) is 4.66. The molecule has 0 saturated carbocycles. The number of hydrogen-bond acceptors (Lipinski definition) is 2.